The fraction of sp³-hybridized carbons (Fsp3) is 0.481. The average molecular weight is 595 g/mol. The molecule has 2 amide bonds. The molecular weight excluding hydrogens is 561 g/mol. The van der Waals surface area contributed by atoms with E-state index < -0.39 is 42.8 Å². The molecule has 0 radical (unpaired) electrons. The first-order valence-electron chi connectivity index (χ1n) is 13.2. The highest BCUT2D eigenvalue weighted by Crippen LogP contribution is 2.41. The minimum absolute atomic E-state index is 0.0403. The van der Waals surface area contributed by atoms with Gasteiger partial charge in [-0.25, -0.2) is 22.9 Å². The zero-order valence-electron chi connectivity index (χ0n) is 23.1. The van der Waals surface area contributed by atoms with Crippen molar-refractivity contribution in [2.45, 2.75) is 43.7 Å². The fourth-order valence-corrected chi connectivity index (χ4v) is 5.15. The van der Waals surface area contributed by atoms with Gasteiger partial charge in [0.25, 0.3) is 0 Å². The summed E-state index contributed by atoms with van der Waals surface area (Å²) in [5.41, 5.74) is -2.33. The van der Waals surface area contributed by atoms with E-state index in [2.05, 4.69) is 35.3 Å². The summed E-state index contributed by atoms with van der Waals surface area (Å²) in [6.45, 7) is 6.99. The number of aromatic nitrogens is 2. The molecule has 0 bridgehead atoms. The summed E-state index contributed by atoms with van der Waals surface area (Å²) in [5.74, 6) is -2.81. The molecule has 41 heavy (non-hydrogen) atoms. The second kappa shape index (κ2) is 11.2. The molecule has 5 rings (SSSR count). The third-order valence-electron chi connectivity index (χ3n) is 6.88. The Labute approximate surface area is 235 Å². The summed E-state index contributed by atoms with van der Waals surface area (Å²) < 4.78 is 67.5. The van der Waals surface area contributed by atoms with Gasteiger partial charge in [-0.1, -0.05) is 19.6 Å². The summed E-state index contributed by atoms with van der Waals surface area (Å²) in [7, 11) is -1.30. The van der Waals surface area contributed by atoms with Gasteiger partial charge in [-0.3, -0.25) is 0 Å². The van der Waals surface area contributed by atoms with Gasteiger partial charge in [-0.15, -0.1) is 0 Å². The van der Waals surface area contributed by atoms with Gasteiger partial charge in [-0.05, 0) is 12.1 Å². The molecule has 3 aromatic rings. The molecule has 0 aliphatic carbocycles. The molecule has 4 heterocycles. The predicted molar refractivity (Wildman–Crippen MR) is 147 cm³/mol. The van der Waals surface area contributed by atoms with Gasteiger partial charge in [0.1, 0.15) is 23.7 Å². The second-order valence-electron chi connectivity index (χ2n) is 11.7. The number of benzene rings is 1. The number of hydrogen-bond acceptors (Lipinski definition) is 7. The standard InChI is InChI=1S/C27H33F3N4O6Si/c1-41(2,3)7-6-37-16-34-10-18(27(36)14-39-15-27)22-21(4-5-31-24(22)34)40-23-19(28)8-17(9-20(23)29)33-25(35)32-11-26(30)12-38-13-26/h4-5,8-10,36H,6-7,11-16H2,1-3H3,(H2,32,33,35). The summed E-state index contributed by atoms with van der Waals surface area (Å²) >= 11 is 0. The molecule has 10 nitrogen and oxygen atoms in total. The van der Waals surface area contributed by atoms with Gasteiger partial charge in [0.15, 0.2) is 23.1 Å². The first-order valence-corrected chi connectivity index (χ1v) is 16.9. The number of hydrogen-bond donors (Lipinski definition) is 3. The third-order valence-corrected chi connectivity index (χ3v) is 8.59. The lowest BCUT2D eigenvalue weighted by Crippen LogP contribution is -2.54. The number of nitrogens with zero attached hydrogens (tertiary/aromatic N) is 2. The van der Waals surface area contributed by atoms with Crippen LogP contribution < -0.4 is 15.4 Å². The monoisotopic (exact) mass is 594 g/mol. The quantitative estimate of drug-likeness (QED) is 0.221. The molecule has 0 saturated carbocycles. The van der Waals surface area contributed by atoms with Gasteiger partial charge in [0, 0.05) is 50.5 Å². The highest BCUT2D eigenvalue weighted by molar-refractivity contribution is 6.76. The van der Waals surface area contributed by atoms with Crippen molar-refractivity contribution in [2.75, 3.05) is 44.9 Å². The maximum Gasteiger partial charge on any atom is 0.319 e. The van der Waals surface area contributed by atoms with E-state index in [4.69, 9.17) is 18.9 Å². The summed E-state index contributed by atoms with van der Waals surface area (Å²) in [6, 6.07) is 3.36. The summed E-state index contributed by atoms with van der Waals surface area (Å²) in [6.07, 6.45) is 3.12. The topological polar surface area (TPSA) is 116 Å². The van der Waals surface area contributed by atoms with Gasteiger partial charge >= 0.3 is 6.03 Å². The first-order chi connectivity index (χ1) is 19.4. The van der Waals surface area contributed by atoms with Gasteiger partial charge in [0.05, 0.1) is 38.4 Å². The number of ether oxygens (including phenoxy) is 4. The van der Waals surface area contributed by atoms with Crippen LogP contribution in [0.25, 0.3) is 11.0 Å². The number of nitrogens with one attached hydrogen (secondary N) is 2. The van der Waals surface area contributed by atoms with E-state index in [1.807, 2.05) is 0 Å². The smallest absolute Gasteiger partial charge is 0.319 e. The molecule has 2 aliphatic rings. The second-order valence-corrected chi connectivity index (χ2v) is 17.3. The zero-order valence-corrected chi connectivity index (χ0v) is 24.1. The van der Waals surface area contributed by atoms with Crippen LogP contribution in [0.15, 0.2) is 30.6 Å². The predicted octanol–water partition coefficient (Wildman–Crippen LogP) is 4.50. The number of pyridine rings is 1. The van der Waals surface area contributed by atoms with Crippen LogP contribution in [0.1, 0.15) is 5.56 Å². The number of urea groups is 1. The number of halogens is 3. The van der Waals surface area contributed by atoms with E-state index in [0.717, 1.165) is 18.2 Å². The summed E-state index contributed by atoms with van der Waals surface area (Å²) in [5, 5.41) is 16.1. The van der Waals surface area contributed by atoms with Crippen molar-refractivity contribution >= 4 is 30.8 Å². The molecule has 2 aromatic heterocycles. The van der Waals surface area contributed by atoms with E-state index in [9.17, 15) is 14.3 Å². The zero-order chi connectivity index (χ0) is 29.4. The van der Waals surface area contributed by atoms with Crippen molar-refractivity contribution in [1.29, 1.82) is 0 Å². The highest BCUT2D eigenvalue weighted by atomic mass is 28.3. The maximum atomic E-state index is 15.1. The number of carbonyl (C=O) groups is 1. The molecule has 0 unspecified atom stereocenters. The largest absolute Gasteiger partial charge is 0.450 e. The average Bonchev–Trinajstić information content (AvgIpc) is 3.24. The Morgan fingerprint density at radius 2 is 1.85 bits per heavy atom. The molecule has 2 fully saturated rings. The first kappa shape index (κ1) is 29.3. The van der Waals surface area contributed by atoms with E-state index in [-0.39, 0.29) is 51.1 Å². The van der Waals surface area contributed by atoms with Crippen molar-refractivity contribution in [1.82, 2.24) is 14.9 Å². The van der Waals surface area contributed by atoms with Crippen LogP contribution in [0.4, 0.5) is 23.7 Å². The molecule has 14 heteroatoms. The number of fused-ring (bicyclic) bond motifs is 1. The molecule has 222 valence electrons. The van der Waals surface area contributed by atoms with Crippen molar-refractivity contribution in [3.8, 4) is 11.5 Å². The minimum atomic E-state index is -1.65. The van der Waals surface area contributed by atoms with Crippen molar-refractivity contribution in [2.24, 2.45) is 0 Å². The lowest BCUT2D eigenvalue weighted by Gasteiger charge is -2.36. The molecule has 1 aromatic carbocycles. The molecular formula is C27H33F3N4O6Si. The van der Waals surface area contributed by atoms with E-state index in [1.165, 1.54) is 12.3 Å². The Hall–Kier alpha value is -3.17. The molecule has 0 spiro atoms. The maximum absolute atomic E-state index is 15.1. The lowest BCUT2D eigenvalue weighted by atomic mass is 9.92. The third kappa shape index (κ3) is 6.51. The van der Waals surface area contributed by atoms with Crippen molar-refractivity contribution in [3.63, 3.8) is 0 Å². The number of anilines is 1. The number of carbonyl (C=O) groups excluding carboxylic acids is 1. The van der Waals surface area contributed by atoms with E-state index in [1.54, 1.807) is 10.8 Å². The van der Waals surface area contributed by atoms with Crippen LogP contribution in [0.2, 0.25) is 25.7 Å². The minimum Gasteiger partial charge on any atom is -0.450 e. The Morgan fingerprint density at radius 3 is 2.44 bits per heavy atom. The van der Waals surface area contributed by atoms with Crippen LogP contribution in [0.3, 0.4) is 0 Å². The summed E-state index contributed by atoms with van der Waals surface area (Å²) in [4.78, 5) is 16.5. The van der Waals surface area contributed by atoms with Crippen LogP contribution >= 0.6 is 0 Å². The normalized spacial score (nSPS) is 17.5. The van der Waals surface area contributed by atoms with Gasteiger partial charge in [0.2, 0.25) is 0 Å². The molecule has 2 saturated heterocycles. The number of rotatable bonds is 11. The lowest BCUT2D eigenvalue weighted by molar-refractivity contribution is -0.184. The number of alkyl halides is 1. The van der Waals surface area contributed by atoms with Gasteiger partial charge < -0.3 is 39.3 Å². The Bertz CT molecular complexity index is 1420. The SMILES string of the molecule is C[Si](C)(C)CCOCn1cc(C2(O)COC2)c2c(Oc3c(F)cc(NC(=O)NCC4(F)COC4)cc3F)ccnc21. The Kier molecular flexibility index (Phi) is 8.04. The van der Waals surface area contributed by atoms with Crippen LogP contribution in [-0.2, 0) is 26.5 Å². The number of aliphatic hydroxyl groups is 1. The van der Waals surface area contributed by atoms with Crippen LogP contribution in [0.5, 0.6) is 11.5 Å². The Balaban J connectivity index is 1.37. The van der Waals surface area contributed by atoms with Crippen molar-refractivity contribution in [3.05, 3.63) is 47.8 Å². The molecule has 0 atom stereocenters. The Morgan fingerprint density at radius 1 is 1.17 bits per heavy atom. The van der Waals surface area contributed by atoms with Crippen LogP contribution in [0, 0.1) is 11.6 Å². The van der Waals surface area contributed by atoms with E-state index in [0.29, 0.717) is 23.2 Å². The molecule has 3 N–H and O–H groups in total. The number of amides is 2. The fourth-order valence-electron chi connectivity index (χ4n) is 4.39. The van der Waals surface area contributed by atoms with Crippen LogP contribution in [-0.4, -0.2) is 74.0 Å². The van der Waals surface area contributed by atoms with E-state index >= 15 is 8.78 Å². The molecule has 2 aliphatic heterocycles. The van der Waals surface area contributed by atoms with Crippen molar-refractivity contribution < 1.29 is 42.0 Å². The van der Waals surface area contributed by atoms with Gasteiger partial charge in [-0.2, -0.15) is 0 Å². The highest BCUT2D eigenvalue weighted by Gasteiger charge is 2.42.